The molecule has 0 spiro atoms. The highest BCUT2D eigenvalue weighted by atomic mass is 16.3. The number of nitrogens with zero attached hydrogens (tertiary/aromatic N) is 1. The largest absolute Gasteiger partial charge is 0.508 e. The van der Waals surface area contributed by atoms with Crippen LogP contribution in [0.3, 0.4) is 0 Å². The van der Waals surface area contributed by atoms with E-state index in [1.165, 1.54) is 27.8 Å². The fourth-order valence-electron chi connectivity index (χ4n) is 2.70. The van der Waals surface area contributed by atoms with E-state index in [9.17, 15) is 5.11 Å². The summed E-state index contributed by atoms with van der Waals surface area (Å²) in [4.78, 5) is 2.31. The van der Waals surface area contributed by atoms with E-state index in [1.54, 1.807) is 0 Å². The number of hydrogen-bond donors (Lipinski definition) is 1. The van der Waals surface area contributed by atoms with Crippen LogP contribution in [0.25, 0.3) is 0 Å². The van der Waals surface area contributed by atoms with E-state index in [-0.39, 0.29) is 0 Å². The molecule has 0 fully saturated rings. The van der Waals surface area contributed by atoms with Gasteiger partial charge in [0.05, 0.1) is 0 Å². The van der Waals surface area contributed by atoms with Crippen LogP contribution >= 0.6 is 0 Å². The molecular weight excluding hydrogens is 270 g/mol. The Morgan fingerprint density at radius 2 is 1.59 bits per heavy atom. The van der Waals surface area contributed by atoms with Crippen LogP contribution in [0.5, 0.6) is 5.75 Å². The van der Waals surface area contributed by atoms with E-state index in [4.69, 9.17) is 0 Å². The Morgan fingerprint density at radius 3 is 2.27 bits per heavy atom. The molecule has 0 radical (unpaired) electrons. The van der Waals surface area contributed by atoms with Gasteiger partial charge in [-0.15, -0.1) is 0 Å². The van der Waals surface area contributed by atoms with Gasteiger partial charge in [0.25, 0.3) is 0 Å². The predicted octanol–water partition coefficient (Wildman–Crippen LogP) is 4.30. The summed E-state index contributed by atoms with van der Waals surface area (Å²) in [7, 11) is 2.14. The molecule has 0 saturated carbocycles. The molecule has 0 aliphatic heterocycles. The lowest BCUT2D eigenvalue weighted by molar-refractivity contribution is 0.329. The smallest absolute Gasteiger partial charge is 0.118 e. The van der Waals surface area contributed by atoms with E-state index in [0.29, 0.717) is 5.75 Å². The highest BCUT2D eigenvalue weighted by Gasteiger charge is 2.07. The van der Waals surface area contributed by atoms with Crippen molar-refractivity contribution in [2.75, 3.05) is 13.6 Å². The van der Waals surface area contributed by atoms with E-state index >= 15 is 0 Å². The molecule has 2 heteroatoms. The highest BCUT2D eigenvalue weighted by molar-refractivity contribution is 5.40. The summed E-state index contributed by atoms with van der Waals surface area (Å²) >= 11 is 0. The minimum Gasteiger partial charge on any atom is -0.508 e. The molecule has 2 nitrogen and oxygen atoms in total. The van der Waals surface area contributed by atoms with Gasteiger partial charge in [-0.2, -0.15) is 0 Å². The van der Waals surface area contributed by atoms with Crippen molar-refractivity contribution in [2.45, 2.75) is 40.7 Å². The average molecular weight is 297 g/mol. The van der Waals surface area contributed by atoms with Gasteiger partial charge in [-0.3, -0.25) is 0 Å². The standard InChI is InChI=1S/C20H27NO/c1-14-6-7-18(11-15(14)2)8-9-21(5)13-19-12-20(22)17(4)10-16(19)3/h6-7,10-12,22H,8-9,13H2,1-5H3. The maximum absolute atomic E-state index is 9.88. The van der Waals surface area contributed by atoms with Gasteiger partial charge < -0.3 is 10.0 Å². The van der Waals surface area contributed by atoms with Gasteiger partial charge >= 0.3 is 0 Å². The molecule has 22 heavy (non-hydrogen) atoms. The molecule has 2 aromatic carbocycles. The number of rotatable bonds is 5. The maximum atomic E-state index is 9.88. The van der Waals surface area contributed by atoms with Crippen molar-refractivity contribution >= 4 is 0 Å². The summed E-state index contributed by atoms with van der Waals surface area (Å²) in [6, 6.07) is 10.7. The van der Waals surface area contributed by atoms with Gasteiger partial charge in [0.2, 0.25) is 0 Å². The predicted molar refractivity (Wildman–Crippen MR) is 93.5 cm³/mol. The first-order chi connectivity index (χ1) is 10.4. The van der Waals surface area contributed by atoms with Crippen molar-refractivity contribution < 1.29 is 5.11 Å². The van der Waals surface area contributed by atoms with Crippen molar-refractivity contribution in [2.24, 2.45) is 0 Å². The number of benzene rings is 2. The van der Waals surface area contributed by atoms with Crippen molar-refractivity contribution in [1.82, 2.24) is 4.90 Å². The van der Waals surface area contributed by atoms with Crippen LogP contribution in [0.15, 0.2) is 30.3 Å². The lowest BCUT2D eigenvalue weighted by Gasteiger charge is -2.19. The van der Waals surface area contributed by atoms with Gasteiger partial charge in [-0.05, 0) is 80.6 Å². The zero-order chi connectivity index (χ0) is 16.3. The monoisotopic (exact) mass is 297 g/mol. The third-order valence-corrected chi connectivity index (χ3v) is 4.45. The summed E-state index contributed by atoms with van der Waals surface area (Å²) in [5.41, 5.74) is 7.48. The van der Waals surface area contributed by atoms with Crippen LogP contribution in [-0.2, 0) is 13.0 Å². The molecule has 118 valence electrons. The number of aromatic hydroxyl groups is 1. The van der Waals surface area contributed by atoms with Gasteiger partial charge in [0, 0.05) is 13.1 Å². The summed E-state index contributed by atoms with van der Waals surface area (Å²) in [6.45, 7) is 10.2. The van der Waals surface area contributed by atoms with E-state index < -0.39 is 0 Å². The molecular formula is C20H27NO. The summed E-state index contributed by atoms with van der Waals surface area (Å²) in [5.74, 6) is 0.392. The van der Waals surface area contributed by atoms with E-state index in [0.717, 1.165) is 25.1 Å². The fourth-order valence-corrected chi connectivity index (χ4v) is 2.70. The van der Waals surface area contributed by atoms with Crippen LogP contribution < -0.4 is 0 Å². The lowest BCUT2D eigenvalue weighted by Crippen LogP contribution is -2.21. The minimum absolute atomic E-state index is 0.392. The van der Waals surface area contributed by atoms with Crippen LogP contribution in [-0.4, -0.2) is 23.6 Å². The van der Waals surface area contributed by atoms with Crippen molar-refractivity contribution in [3.8, 4) is 5.75 Å². The number of phenols is 1. The zero-order valence-electron chi connectivity index (χ0n) is 14.4. The molecule has 0 amide bonds. The third-order valence-electron chi connectivity index (χ3n) is 4.45. The Kier molecular flexibility index (Phi) is 5.25. The van der Waals surface area contributed by atoms with Crippen LogP contribution in [0.4, 0.5) is 0 Å². The Balaban J connectivity index is 1.97. The topological polar surface area (TPSA) is 23.5 Å². The normalized spacial score (nSPS) is 11.2. The molecule has 0 saturated heterocycles. The van der Waals surface area contributed by atoms with Crippen LogP contribution in [0.2, 0.25) is 0 Å². The third kappa shape index (κ3) is 4.11. The number of likely N-dealkylation sites (N-methyl/N-ethyl adjacent to an activating group) is 1. The Labute approximate surface area is 134 Å². The summed E-state index contributed by atoms with van der Waals surface area (Å²) < 4.78 is 0. The van der Waals surface area contributed by atoms with Gasteiger partial charge in [-0.1, -0.05) is 24.3 Å². The Bertz CT molecular complexity index is 661. The summed E-state index contributed by atoms with van der Waals surface area (Å²) in [6.07, 6.45) is 1.05. The molecule has 0 unspecified atom stereocenters. The summed E-state index contributed by atoms with van der Waals surface area (Å²) in [5, 5.41) is 9.88. The van der Waals surface area contributed by atoms with E-state index in [1.807, 2.05) is 13.0 Å². The fraction of sp³-hybridized carbons (Fsp3) is 0.400. The molecule has 0 atom stereocenters. The van der Waals surface area contributed by atoms with Gasteiger partial charge in [0.15, 0.2) is 0 Å². The zero-order valence-corrected chi connectivity index (χ0v) is 14.4. The molecule has 0 heterocycles. The SMILES string of the molecule is Cc1ccc(CCN(C)Cc2cc(O)c(C)cc2C)cc1C. The minimum atomic E-state index is 0.392. The number of aryl methyl sites for hydroxylation is 4. The molecule has 2 rings (SSSR count). The second-order valence-corrected chi connectivity index (χ2v) is 6.47. The molecule has 0 aliphatic rings. The molecule has 1 N–H and O–H groups in total. The first-order valence-electron chi connectivity index (χ1n) is 7.90. The van der Waals surface area contributed by atoms with Crippen LogP contribution in [0.1, 0.15) is 33.4 Å². The molecule has 0 aliphatic carbocycles. The molecule has 2 aromatic rings. The second-order valence-electron chi connectivity index (χ2n) is 6.47. The van der Waals surface area contributed by atoms with Crippen molar-refractivity contribution in [1.29, 1.82) is 0 Å². The molecule has 0 bridgehead atoms. The Hall–Kier alpha value is -1.80. The van der Waals surface area contributed by atoms with E-state index in [2.05, 4.69) is 57.0 Å². The highest BCUT2D eigenvalue weighted by Crippen LogP contribution is 2.22. The van der Waals surface area contributed by atoms with Crippen LogP contribution in [0, 0.1) is 27.7 Å². The van der Waals surface area contributed by atoms with Crippen molar-refractivity contribution in [3.05, 3.63) is 63.7 Å². The maximum Gasteiger partial charge on any atom is 0.118 e. The van der Waals surface area contributed by atoms with Gasteiger partial charge in [-0.25, -0.2) is 0 Å². The first-order valence-corrected chi connectivity index (χ1v) is 7.90. The second kappa shape index (κ2) is 6.97. The lowest BCUT2D eigenvalue weighted by atomic mass is 10.0. The number of phenolic OH excluding ortho intramolecular Hbond substituents is 1. The Morgan fingerprint density at radius 1 is 0.864 bits per heavy atom. The molecule has 0 aromatic heterocycles. The average Bonchev–Trinajstić information content (AvgIpc) is 2.46. The number of hydrogen-bond acceptors (Lipinski definition) is 2. The first kappa shape index (κ1) is 16.6. The quantitative estimate of drug-likeness (QED) is 0.889. The van der Waals surface area contributed by atoms with Gasteiger partial charge in [0.1, 0.15) is 5.75 Å². The van der Waals surface area contributed by atoms with Crippen molar-refractivity contribution in [3.63, 3.8) is 0 Å².